The van der Waals surface area contributed by atoms with Crippen LogP contribution in [-0.2, 0) is 4.79 Å². The lowest BCUT2D eigenvalue weighted by Gasteiger charge is -2.24. The maximum atomic E-state index is 12.2. The topological polar surface area (TPSA) is 54.0 Å². The van der Waals surface area contributed by atoms with Crippen LogP contribution in [0.15, 0.2) is 18.3 Å². The van der Waals surface area contributed by atoms with Crippen molar-refractivity contribution in [3.8, 4) is 0 Å². The van der Waals surface area contributed by atoms with Crippen molar-refractivity contribution in [2.45, 2.75) is 44.2 Å². The maximum absolute atomic E-state index is 12.2. The third kappa shape index (κ3) is 2.74. The first-order valence-electron chi connectivity index (χ1n) is 6.91. The number of rotatable bonds is 2. The summed E-state index contributed by atoms with van der Waals surface area (Å²) in [5.41, 5.74) is 0. The number of pyridine rings is 1. The fraction of sp³-hybridized carbons (Fsp3) is 0.571. The Bertz CT molecular complexity index is 466. The highest BCUT2D eigenvalue weighted by Crippen LogP contribution is 2.33. The summed E-state index contributed by atoms with van der Waals surface area (Å²) in [6.45, 7) is 0. The third-order valence-electron chi connectivity index (χ3n) is 4.18. The molecule has 2 heterocycles. The Hall–Kier alpha value is -1.13. The molecule has 5 heteroatoms. The molecule has 2 N–H and O–H groups in total. The molecule has 1 saturated carbocycles. The van der Waals surface area contributed by atoms with Gasteiger partial charge in [0.05, 0.1) is 11.1 Å². The summed E-state index contributed by atoms with van der Waals surface area (Å²) >= 11 is 6.00. The van der Waals surface area contributed by atoms with E-state index in [2.05, 4.69) is 15.6 Å². The van der Waals surface area contributed by atoms with Crippen molar-refractivity contribution < 1.29 is 4.79 Å². The number of carbonyl (C=O) groups excluding carboxylic acids is 1. The zero-order valence-corrected chi connectivity index (χ0v) is 11.5. The number of carbonyl (C=O) groups is 1. The van der Waals surface area contributed by atoms with E-state index in [9.17, 15) is 4.79 Å². The molecule has 1 saturated heterocycles. The van der Waals surface area contributed by atoms with Gasteiger partial charge in [0.15, 0.2) is 5.82 Å². The molecule has 0 radical (unpaired) electrons. The molecule has 0 aromatic carbocycles. The summed E-state index contributed by atoms with van der Waals surface area (Å²) in [4.78, 5) is 16.3. The molecule has 0 spiro atoms. The monoisotopic (exact) mass is 279 g/mol. The van der Waals surface area contributed by atoms with Crippen LogP contribution in [0.3, 0.4) is 0 Å². The minimum atomic E-state index is -0.105. The van der Waals surface area contributed by atoms with Crippen molar-refractivity contribution in [2.75, 3.05) is 5.32 Å². The van der Waals surface area contributed by atoms with Crippen molar-refractivity contribution in [1.29, 1.82) is 0 Å². The Morgan fingerprint density at radius 1 is 1.42 bits per heavy atom. The van der Waals surface area contributed by atoms with E-state index in [-0.39, 0.29) is 11.9 Å². The molecule has 2 aliphatic rings. The van der Waals surface area contributed by atoms with Crippen molar-refractivity contribution in [3.63, 3.8) is 0 Å². The number of hydrogen-bond acceptors (Lipinski definition) is 3. The van der Waals surface area contributed by atoms with Crippen molar-refractivity contribution in [2.24, 2.45) is 5.92 Å². The Balaban J connectivity index is 1.64. The number of fused-ring (bicyclic) bond motifs is 1. The highest BCUT2D eigenvalue weighted by Gasteiger charge is 2.38. The fourth-order valence-electron chi connectivity index (χ4n) is 3.20. The molecular formula is C14H18ClN3O. The van der Waals surface area contributed by atoms with Crippen molar-refractivity contribution in [3.05, 3.63) is 23.4 Å². The van der Waals surface area contributed by atoms with Crippen LogP contribution in [0.5, 0.6) is 0 Å². The van der Waals surface area contributed by atoms with E-state index in [1.54, 1.807) is 18.3 Å². The second-order valence-electron chi connectivity index (χ2n) is 5.43. The molecule has 3 rings (SSSR count). The molecule has 1 aromatic rings. The average Bonchev–Trinajstić information content (AvgIpc) is 2.85. The van der Waals surface area contributed by atoms with Gasteiger partial charge >= 0.3 is 0 Å². The largest absolute Gasteiger partial charge is 0.308 e. The number of hydrogen-bond donors (Lipinski definition) is 2. The van der Waals surface area contributed by atoms with Crippen LogP contribution in [0.1, 0.15) is 32.1 Å². The van der Waals surface area contributed by atoms with E-state index in [1.165, 1.54) is 25.7 Å². The van der Waals surface area contributed by atoms with Crippen molar-refractivity contribution in [1.82, 2.24) is 10.3 Å². The van der Waals surface area contributed by atoms with Gasteiger partial charge in [-0.3, -0.25) is 4.79 Å². The Morgan fingerprint density at radius 3 is 3.05 bits per heavy atom. The zero-order chi connectivity index (χ0) is 13.2. The molecule has 1 aliphatic carbocycles. The summed E-state index contributed by atoms with van der Waals surface area (Å²) in [6, 6.07) is 3.89. The average molecular weight is 280 g/mol. The van der Waals surface area contributed by atoms with Gasteiger partial charge < -0.3 is 10.6 Å². The molecule has 2 fully saturated rings. The summed E-state index contributed by atoms with van der Waals surface area (Å²) in [5, 5.41) is 6.74. The molecule has 102 valence electrons. The standard InChI is InChI=1S/C14H18ClN3O/c15-10-5-3-7-16-13(10)18-14(19)12-8-9-4-1-2-6-11(9)17-12/h3,5,7,9,11-12,17H,1-2,4,6,8H2,(H,16,18,19). The summed E-state index contributed by atoms with van der Waals surface area (Å²) in [5.74, 6) is 1.09. The number of amides is 1. The van der Waals surface area contributed by atoms with E-state index in [1.807, 2.05) is 0 Å². The van der Waals surface area contributed by atoms with E-state index < -0.39 is 0 Å². The quantitative estimate of drug-likeness (QED) is 0.875. The predicted octanol–water partition coefficient (Wildman–Crippen LogP) is 2.59. The highest BCUT2D eigenvalue weighted by molar-refractivity contribution is 6.33. The lowest BCUT2D eigenvalue weighted by Crippen LogP contribution is -2.40. The number of nitrogens with one attached hydrogen (secondary N) is 2. The van der Waals surface area contributed by atoms with E-state index >= 15 is 0 Å². The Morgan fingerprint density at radius 2 is 2.26 bits per heavy atom. The van der Waals surface area contributed by atoms with Gasteiger partial charge in [0.2, 0.25) is 5.91 Å². The van der Waals surface area contributed by atoms with E-state index in [0.717, 1.165) is 6.42 Å². The summed E-state index contributed by atoms with van der Waals surface area (Å²) < 4.78 is 0. The van der Waals surface area contributed by atoms with Crippen molar-refractivity contribution >= 4 is 23.3 Å². The SMILES string of the molecule is O=C(Nc1ncccc1Cl)C1CC2CCCCC2N1. The second kappa shape index (κ2) is 5.47. The molecule has 4 nitrogen and oxygen atoms in total. The van der Waals surface area contributed by atoms with Crippen LogP contribution in [0.25, 0.3) is 0 Å². The number of halogens is 1. The van der Waals surface area contributed by atoms with Gasteiger partial charge in [0.1, 0.15) is 0 Å². The molecule has 3 unspecified atom stereocenters. The van der Waals surface area contributed by atoms with E-state index in [0.29, 0.717) is 22.8 Å². The smallest absolute Gasteiger partial charge is 0.242 e. The molecule has 1 aliphatic heterocycles. The van der Waals surface area contributed by atoms with Gasteiger partial charge in [0.25, 0.3) is 0 Å². The fourth-order valence-corrected chi connectivity index (χ4v) is 3.37. The van der Waals surface area contributed by atoms with Crippen LogP contribution < -0.4 is 10.6 Å². The second-order valence-corrected chi connectivity index (χ2v) is 5.84. The van der Waals surface area contributed by atoms with Gasteiger partial charge in [-0.05, 0) is 37.3 Å². The maximum Gasteiger partial charge on any atom is 0.242 e. The first kappa shape index (κ1) is 12.9. The third-order valence-corrected chi connectivity index (χ3v) is 4.48. The summed E-state index contributed by atoms with van der Waals surface area (Å²) in [6.07, 6.45) is 7.56. The minimum absolute atomic E-state index is 0.0185. The lowest BCUT2D eigenvalue weighted by atomic mass is 9.85. The van der Waals surface area contributed by atoms with Crippen LogP contribution >= 0.6 is 11.6 Å². The first-order valence-corrected chi connectivity index (χ1v) is 7.29. The normalized spacial score (nSPS) is 29.8. The van der Waals surface area contributed by atoms with Crippen LogP contribution in [0.4, 0.5) is 5.82 Å². The van der Waals surface area contributed by atoms with E-state index in [4.69, 9.17) is 11.6 Å². The Labute approximate surface area is 117 Å². The highest BCUT2D eigenvalue weighted by atomic mass is 35.5. The lowest BCUT2D eigenvalue weighted by molar-refractivity contribution is -0.117. The molecule has 1 aromatic heterocycles. The number of anilines is 1. The Kier molecular flexibility index (Phi) is 3.71. The van der Waals surface area contributed by atoms with Gasteiger partial charge in [-0.1, -0.05) is 24.4 Å². The van der Waals surface area contributed by atoms with Crippen LogP contribution in [-0.4, -0.2) is 23.0 Å². The zero-order valence-electron chi connectivity index (χ0n) is 10.7. The van der Waals surface area contributed by atoms with Crippen LogP contribution in [0, 0.1) is 5.92 Å². The number of nitrogens with zero attached hydrogens (tertiary/aromatic N) is 1. The van der Waals surface area contributed by atoms with Gasteiger partial charge in [0, 0.05) is 12.2 Å². The minimum Gasteiger partial charge on any atom is -0.308 e. The number of aromatic nitrogens is 1. The molecular weight excluding hydrogens is 262 g/mol. The summed E-state index contributed by atoms with van der Waals surface area (Å²) in [7, 11) is 0. The van der Waals surface area contributed by atoms with Gasteiger partial charge in [-0.15, -0.1) is 0 Å². The van der Waals surface area contributed by atoms with Gasteiger partial charge in [-0.25, -0.2) is 4.98 Å². The molecule has 0 bridgehead atoms. The van der Waals surface area contributed by atoms with Crippen LogP contribution in [0.2, 0.25) is 5.02 Å². The predicted molar refractivity (Wildman–Crippen MR) is 75.2 cm³/mol. The first-order chi connectivity index (χ1) is 9.24. The molecule has 1 amide bonds. The molecule has 19 heavy (non-hydrogen) atoms. The van der Waals surface area contributed by atoms with Gasteiger partial charge in [-0.2, -0.15) is 0 Å². The molecule has 3 atom stereocenters.